The number of hydrogen-bond donors (Lipinski definition) is 1. The molecule has 1 aliphatic rings. The van der Waals surface area contributed by atoms with E-state index in [9.17, 15) is 4.79 Å². The minimum absolute atomic E-state index is 0.0643. The maximum Gasteiger partial charge on any atom is 0.248 e. The first kappa shape index (κ1) is 13.2. The molecule has 0 spiro atoms. The van der Waals surface area contributed by atoms with Crippen molar-refractivity contribution >= 4 is 23.2 Å². The average molecular weight is 287 g/mol. The van der Waals surface area contributed by atoms with Crippen molar-refractivity contribution in [3.63, 3.8) is 0 Å². The fourth-order valence-corrected chi connectivity index (χ4v) is 2.78. The van der Waals surface area contributed by atoms with Gasteiger partial charge in [-0.2, -0.15) is 0 Å². The summed E-state index contributed by atoms with van der Waals surface area (Å²) in [5.74, 6) is -0.0643. The molecule has 3 rings (SSSR count). The second-order valence-corrected chi connectivity index (χ2v) is 5.53. The van der Waals surface area contributed by atoms with E-state index in [2.05, 4.69) is 0 Å². The van der Waals surface area contributed by atoms with Gasteiger partial charge in [0.25, 0.3) is 0 Å². The maximum atomic E-state index is 12.3. The van der Waals surface area contributed by atoms with Gasteiger partial charge in [0.1, 0.15) is 6.04 Å². The second kappa shape index (κ2) is 4.93. The zero-order valence-corrected chi connectivity index (χ0v) is 11.9. The number of benzene rings is 2. The first-order valence-electron chi connectivity index (χ1n) is 6.48. The van der Waals surface area contributed by atoms with E-state index < -0.39 is 6.04 Å². The Morgan fingerprint density at radius 3 is 2.80 bits per heavy atom. The smallest absolute Gasteiger partial charge is 0.248 e. The summed E-state index contributed by atoms with van der Waals surface area (Å²) in [5, 5.41) is 0.669. The van der Waals surface area contributed by atoms with Crippen LogP contribution in [-0.2, 0) is 11.3 Å². The molecule has 0 aliphatic carbocycles. The quantitative estimate of drug-likeness (QED) is 0.921. The summed E-state index contributed by atoms with van der Waals surface area (Å²) in [4.78, 5) is 14.1. The minimum atomic E-state index is -0.566. The summed E-state index contributed by atoms with van der Waals surface area (Å²) in [6, 6.07) is 12.9. The highest BCUT2D eigenvalue weighted by Gasteiger charge is 2.34. The van der Waals surface area contributed by atoms with Gasteiger partial charge in [0, 0.05) is 16.3 Å². The van der Waals surface area contributed by atoms with Gasteiger partial charge in [0.05, 0.1) is 6.54 Å². The lowest BCUT2D eigenvalue weighted by atomic mass is 10.1. The van der Waals surface area contributed by atoms with E-state index in [1.165, 1.54) is 0 Å². The highest BCUT2D eigenvalue weighted by Crippen LogP contribution is 2.36. The van der Waals surface area contributed by atoms with Crippen LogP contribution in [0.4, 0.5) is 5.69 Å². The van der Waals surface area contributed by atoms with E-state index in [4.69, 9.17) is 17.3 Å². The van der Waals surface area contributed by atoms with Crippen LogP contribution < -0.4 is 10.6 Å². The molecule has 3 nitrogen and oxygen atoms in total. The van der Waals surface area contributed by atoms with Crippen LogP contribution in [0.3, 0.4) is 0 Å². The summed E-state index contributed by atoms with van der Waals surface area (Å²) in [6.45, 7) is 2.49. The van der Waals surface area contributed by atoms with E-state index in [0.29, 0.717) is 11.6 Å². The summed E-state index contributed by atoms with van der Waals surface area (Å²) in [5.41, 5.74) is 9.91. The van der Waals surface area contributed by atoms with Crippen LogP contribution in [0.15, 0.2) is 42.5 Å². The highest BCUT2D eigenvalue weighted by atomic mass is 35.5. The molecule has 0 aromatic heterocycles. The number of carbonyl (C=O) groups is 1. The molecular weight excluding hydrogens is 272 g/mol. The summed E-state index contributed by atoms with van der Waals surface area (Å²) in [6.07, 6.45) is 0. The van der Waals surface area contributed by atoms with Gasteiger partial charge in [0.15, 0.2) is 0 Å². The lowest BCUT2D eigenvalue weighted by molar-refractivity contribution is -0.119. The predicted octanol–water partition coefficient (Wildman–Crippen LogP) is 3.20. The van der Waals surface area contributed by atoms with Crippen molar-refractivity contribution in [1.29, 1.82) is 0 Å². The Morgan fingerprint density at radius 2 is 2.05 bits per heavy atom. The predicted molar refractivity (Wildman–Crippen MR) is 80.7 cm³/mol. The van der Waals surface area contributed by atoms with Crippen molar-refractivity contribution in [1.82, 2.24) is 0 Å². The Morgan fingerprint density at radius 1 is 1.25 bits per heavy atom. The minimum Gasteiger partial charge on any atom is -0.316 e. The Hall–Kier alpha value is -1.84. The molecule has 0 saturated carbocycles. The third kappa shape index (κ3) is 2.19. The zero-order chi connectivity index (χ0) is 14.3. The molecule has 0 fully saturated rings. The van der Waals surface area contributed by atoms with Crippen molar-refractivity contribution in [2.24, 2.45) is 5.73 Å². The van der Waals surface area contributed by atoms with Crippen molar-refractivity contribution in [2.45, 2.75) is 19.5 Å². The number of anilines is 1. The number of halogens is 1. The van der Waals surface area contributed by atoms with Gasteiger partial charge in [-0.3, -0.25) is 4.79 Å². The molecule has 20 heavy (non-hydrogen) atoms. The molecule has 102 valence electrons. The lowest BCUT2D eigenvalue weighted by Gasteiger charge is -2.18. The first-order valence-corrected chi connectivity index (χ1v) is 6.86. The summed E-state index contributed by atoms with van der Waals surface area (Å²) >= 11 is 5.99. The Bertz CT molecular complexity index is 684. The molecule has 1 atom stereocenters. The third-order valence-electron chi connectivity index (χ3n) is 3.57. The summed E-state index contributed by atoms with van der Waals surface area (Å²) < 4.78 is 0. The van der Waals surface area contributed by atoms with Crippen LogP contribution in [-0.4, -0.2) is 5.91 Å². The fourth-order valence-electron chi connectivity index (χ4n) is 2.57. The van der Waals surface area contributed by atoms with Crippen LogP contribution in [0.25, 0.3) is 0 Å². The van der Waals surface area contributed by atoms with Crippen LogP contribution in [0, 0.1) is 6.92 Å². The van der Waals surface area contributed by atoms with Crippen molar-refractivity contribution < 1.29 is 4.79 Å². The summed E-state index contributed by atoms with van der Waals surface area (Å²) in [7, 11) is 0. The second-order valence-electron chi connectivity index (χ2n) is 5.09. The number of amides is 1. The Labute approximate surface area is 123 Å². The molecule has 2 N–H and O–H groups in total. The van der Waals surface area contributed by atoms with E-state index in [1.54, 1.807) is 4.90 Å². The fraction of sp³-hybridized carbons (Fsp3) is 0.188. The van der Waals surface area contributed by atoms with Crippen LogP contribution >= 0.6 is 11.6 Å². The SMILES string of the molecule is Cc1ccc2c(c1)[C@H](N)C(=O)N2Cc1cccc(Cl)c1. The number of fused-ring (bicyclic) bond motifs is 1. The largest absolute Gasteiger partial charge is 0.316 e. The molecule has 2 aromatic carbocycles. The molecule has 0 radical (unpaired) electrons. The number of nitrogens with zero attached hydrogens (tertiary/aromatic N) is 1. The Kier molecular flexibility index (Phi) is 3.24. The lowest BCUT2D eigenvalue weighted by Crippen LogP contribution is -2.31. The normalized spacial score (nSPS) is 17.4. The highest BCUT2D eigenvalue weighted by molar-refractivity contribution is 6.30. The van der Waals surface area contributed by atoms with Gasteiger partial charge in [-0.25, -0.2) is 0 Å². The van der Waals surface area contributed by atoms with Gasteiger partial charge in [0.2, 0.25) is 5.91 Å². The number of carbonyl (C=O) groups excluding carboxylic acids is 1. The molecule has 0 bridgehead atoms. The molecular formula is C16H15ClN2O. The van der Waals surface area contributed by atoms with E-state index in [1.807, 2.05) is 49.4 Å². The molecule has 1 heterocycles. The van der Waals surface area contributed by atoms with Gasteiger partial charge in [-0.15, -0.1) is 0 Å². The van der Waals surface area contributed by atoms with Crippen molar-refractivity contribution in [2.75, 3.05) is 4.90 Å². The van der Waals surface area contributed by atoms with E-state index >= 15 is 0 Å². The van der Waals surface area contributed by atoms with Gasteiger partial charge in [-0.1, -0.05) is 41.4 Å². The molecule has 1 aliphatic heterocycles. The topological polar surface area (TPSA) is 46.3 Å². The molecule has 1 amide bonds. The standard InChI is InChI=1S/C16H15ClN2O/c1-10-5-6-14-13(7-10)15(18)16(20)19(14)9-11-3-2-4-12(17)8-11/h2-8,15H,9,18H2,1H3/t15-/m0/s1. The average Bonchev–Trinajstić information content (AvgIpc) is 2.64. The van der Waals surface area contributed by atoms with Gasteiger partial charge in [-0.05, 0) is 30.7 Å². The van der Waals surface area contributed by atoms with Crippen LogP contribution in [0.1, 0.15) is 22.7 Å². The van der Waals surface area contributed by atoms with E-state index in [0.717, 1.165) is 22.4 Å². The molecule has 2 aromatic rings. The zero-order valence-electron chi connectivity index (χ0n) is 11.1. The number of aryl methyl sites for hydroxylation is 1. The van der Waals surface area contributed by atoms with Crippen LogP contribution in [0.2, 0.25) is 5.02 Å². The molecule has 4 heteroatoms. The number of rotatable bonds is 2. The molecule has 0 saturated heterocycles. The van der Waals surface area contributed by atoms with Gasteiger partial charge >= 0.3 is 0 Å². The van der Waals surface area contributed by atoms with E-state index in [-0.39, 0.29) is 5.91 Å². The van der Waals surface area contributed by atoms with Crippen molar-refractivity contribution in [3.8, 4) is 0 Å². The van der Waals surface area contributed by atoms with Gasteiger partial charge < -0.3 is 10.6 Å². The number of hydrogen-bond acceptors (Lipinski definition) is 2. The first-order chi connectivity index (χ1) is 9.56. The monoisotopic (exact) mass is 286 g/mol. The third-order valence-corrected chi connectivity index (χ3v) is 3.81. The van der Waals surface area contributed by atoms with Crippen molar-refractivity contribution in [3.05, 3.63) is 64.2 Å². The molecule has 0 unspecified atom stereocenters. The van der Waals surface area contributed by atoms with Crippen LogP contribution in [0.5, 0.6) is 0 Å². The number of nitrogens with two attached hydrogens (primary N) is 1. The Balaban J connectivity index is 1.97. The maximum absolute atomic E-state index is 12.3.